The van der Waals surface area contributed by atoms with Crippen molar-refractivity contribution in [2.75, 3.05) is 7.05 Å². The first-order chi connectivity index (χ1) is 9.60. The Morgan fingerprint density at radius 2 is 1.85 bits per heavy atom. The molecule has 104 valence electrons. The molecule has 0 aromatic heterocycles. The van der Waals surface area contributed by atoms with Gasteiger partial charge in [0.2, 0.25) is 5.82 Å². The van der Waals surface area contributed by atoms with Gasteiger partial charge in [-0.1, -0.05) is 12.1 Å². The van der Waals surface area contributed by atoms with Crippen LogP contribution in [0.1, 0.15) is 5.56 Å². The number of nitro benzene ring substituents is 1. The second-order valence-corrected chi connectivity index (χ2v) is 4.15. The number of rotatable bonds is 5. The lowest BCUT2D eigenvalue weighted by Gasteiger charge is -2.07. The summed E-state index contributed by atoms with van der Waals surface area (Å²) in [5.41, 5.74) is 0.524. The number of hydrogen-bond donors (Lipinski definition) is 1. The van der Waals surface area contributed by atoms with Crippen LogP contribution in [0, 0.1) is 15.9 Å². The van der Waals surface area contributed by atoms with E-state index >= 15 is 0 Å². The second-order valence-electron chi connectivity index (χ2n) is 4.15. The predicted molar refractivity (Wildman–Crippen MR) is 72.3 cm³/mol. The molecule has 1 N–H and O–H groups in total. The maximum absolute atomic E-state index is 13.4. The van der Waals surface area contributed by atoms with Crippen LogP contribution in [0.2, 0.25) is 0 Å². The van der Waals surface area contributed by atoms with Crippen molar-refractivity contribution >= 4 is 5.69 Å². The monoisotopic (exact) mass is 276 g/mol. The number of nitro groups is 1. The lowest BCUT2D eigenvalue weighted by molar-refractivity contribution is -0.387. The zero-order valence-electron chi connectivity index (χ0n) is 10.8. The van der Waals surface area contributed by atoms with E-state index in [9.17, 15) is 14.5 Å². The van der Waals surface area contributed by atoms with Crippen molar-refractivity contribution in [2.45, 2.75) is 6.54 Å². The minimum Gasteiger partial charge on any atom is -0.457 e. The molecular weight excluding hydrogens is 263 g/mol. The molecule has 0 amide bonds. The maximum atomic E-state index is 13.4. The van der Waals surface area contributed by atoms with Crippen molar-refractivity contribution in [3.05, 3.63) is 64.0 Å². The molecule has 5 nitrogen and oxygen atoms in total. The first-order valence-electron chi connectivity index (χ1n) is 5.95. The first-order valence-corrected chi connectivity index (χ1v) is 5.95. The van der Waals surface area contributed by atoms with Gasteiger partial charge in [0.1, 0.15) is 11.5 Å². The van der Waals surface area contributed by atoms with Crippen molar-refractivity contribution in [1.82, 2.24) is 5.32 Å². The third-order valence-electron chi connectivity index (χ3n) is 2.66. The fraction of sp³-hybridized carbons (Fsp3) is 0.143. The normalized spacial score (nSPS) is 10.3. The van der Waals surface area contributed by atoms with E-state index in [0.717, 1.165) is 24.2 Å². The number of hydrogen-bond acceptors (Lipinski definition) is 4. The number of nitrogens with zero attached hydrogens (tertiary/aromatic N) is 1. The Balaban J connectivity index is 2.13. The molecule has 0 radical (unpaired) electrons. The minimum absolute atomic E-state index is 0.217. The maximum Gasteiger partial charge on any atom is 0.305 e. The quantitative estimate of drug-likeness (QED) is 0.672. The van der Waals surface area contributed by atoms with E-state index in [2.05, 4.69) is 5.32 Å². The van der Waals surface area contributed by atoms with E-state index in [1.165, 1.54) is 6.07 Å². The average Bonchev–Trinajstić information content (AvgIpc) is 2.41. The molecule has 0 unspecified atom stereocenters. The lowest BCUT2D eigenvalue weighted by Crippen LogP contribution is -2.04. The summed E-state index contributed by atoms with van der Waals surface area (Å²) in [6, 6.07) is 10.7. The van der Waals surface area contributed by atoms with Crippen LogP contribution in [0.15, 0.2) is 42.5 Å². The molecule has 0 heterocycles. The molecule has 0 saturated heterocycles. The smallest absolute Gasteiger partial charge is 0.305 e. The SMILES string of the molecule is CNCc1ccc(Oc2ccc([N+](=O)[O-])c(F)c2)cc1. The zero-order valence-corrected chi connectivity index (χ0v) is 10.8. The summed E-state index contributed by atoms with van der Waals surface area (Å²) in [5, 5.41) is 13.5. The van der Waals surface area contributed by atoms with Crippen LogP contribution in [-0.2, 0) is 6.54 Å². The van der Waals surface area contributed by atoms with E-state index < -0.39 is 16.4 Å². The molecule has 2 aromatic rings. The standard InChI is InChI=1S/C14H13FN2O3/c1-16-9-10-2-4-11(5-3-10)20-12-6-7-14(17(18)19)13(15)8-12/h2-8,16H,9H2,1H3. The van der Waals surface area contributed by atoms with Gasteiger partial charge in [-0.05, 0) is 30.8 Å². The Morgan fingerprint density at radius 3 is 2.40 bits per heavy atom. The third-order valence-corrected chi connectivity index (χ3v) is 2.66. The van der Waals surface area contributed by atoms with Crippen molar-refractivity contribution in [3.63, 3.8) is 0 Å². The van der Waals surface area contributed by atoms with E-state index in [1.807, 2.05) is 19.2 Å². The molecule has 0 aliphatic carbocycles. The average molecular weight is 276 g/mol. The molecule has 0 spiro atoms. The van der Waals surface area contributed by atoms with Gasteiger partial charge in [-0.2, -0.15) is 4.39 Å². The van der Waals surface area contributed by atoms with Gasteiger partial charge in [-0.25, -0.2) is 0 Å². The second kappa shape index (κ2) is 6.12. The van der Waals surface area contributed by atoms with Crippen LogP contribution in [-0.4, -0.2) is 12.0 Å². The number of ether oxygens (including phenoxy) is 1. The number of halogens is 1. The summed E-state index contributed by atoms with van der Waals surface area (Å²) in [4.78, 5) is 9.74. The van der Waals surface area contributed by atoms with Crippen LogP contribution in [0.25, 0.3) is 0 Å². The van der Waals surface area contributed by atoms with Crippen LogP contribution in [0.4, 0.5) is 10.1 Å². The highest BCUT2D eigenvalue weighted by molar-refractivity contribution is 5.40. The molecular formula is C14H13FN2O3. The fourth-order valence-corrected chi connectivity index (χ4v) is 1.71. The van der Waals surface area contributed by atoms with Crippen molar-refractivity contribution in [3.8, 4) is 11.5 Å². The molecule has 0 saturated carbocycles. The van der Waals surface area contributed by atoms with Gasteiger partial charge >= 0.3 is 5.69 Å². The molecule has 0 fully saturated rings. The number of nitrogens with one attached hydrogen (secondary N) is 1. The van der Waals surface area contributed by atoms with E-state index in [4.69, 9.17) is 4.74 Å². The summed E-state index contributed by atoms with van der Waals surface area (Å²) < 4.78 is 18.9. The van der Waals surface area contributed by atoms with Crippen LogP contribution in [0.5, 0.6) is 11.5 Å². The van der Waals surface area contributed by atoms with Crippen LogP contribution in [0.3, 0.4) is 0 Å². The van der Waals surface area contributed by atoms with Gasteiger partial charge in [0.15, 0.2) is 0 Å². The van der Waals surface area contributed by atoms with Crippen LogP contribution < -0.4 is 10.1 Å². The highest BCUT2D eigenvalue weighted by Gasteiger charge is 2.14. The summed E-state index contributed by atoms with van der Waals surface area (Å²) in [7, 11) is 1.85. The van der Waals surface area contributed by atoms with Gasteiger partial charge in [0, 0.05) is 18.7 Å². The molecule has 0 bridgehead atoms. The molecule has 6 heteroatoms. The Hall–Kier alpha value is -2.47. The van der Waals surface area contributed by atoms with Crippen molar-refractivity contribution in [2.24, 2.45) is 0 Å². The minimum atomic E-state index is -0.917. The lowest BCUT2D eigenvalue weighted by atomic mass is 10.2. The summed E-state index contributed by atoms with van der Waals surface area (Å²) in [6.07, 6.45) is 0. The summed E-state index contributed by atoms with van der Waals surface area (Å²) in [6.45, 7) is 0.742. The van der Waals surface area contributed by atoms with Gasteiger partial charge in [0.25, 0.3) is 0 Å². The topological polar surface area (TPSA) is 64.4 Å². The molecule has 0 atom stereocenters. The Bertz CT molecular complexity index is 614. The Morgan fingerprint density at radius 1 is 1.20 bits per heavy atom. The van der Waals surface area contributed by atoms with Gasteiger partial charge < -0.3 is 10.1 Å². The highest BCUT2D eigenvalue weighted by Crippen LogP contribution is 2.26. The molecule has 2 aromatic carbocycles. The van der Waals surface area contributed by atoms with Gasteiger partial charge in [-0.15, -0.1) is 0 Å². The van der Waals surface area contributed by atoms with Gasteiger partial charge in [-0.3, -0.25) is 10.1 Å². The van der Waals surface area contributed by atoms with E-state index in [-0.39, 0.29) is 5.75 Å². The summed E-state index contributed by atoms with van der Waals surface area (Å²) in [5.74, 6) is -0.160. The molecule has 2 rings (SSSR count). The Kier molecular flexibility index (Phi) is 4.27. The largest absolute Gasteiger partial charge is 0.457 e. The van der Waals surface area contributed by atoms with Crippen LogP contribution >= 0.6 is 0 Å². The van der Waals surface area contributed by atoms with E-state index in [0.29, 0.717) is 5.75 Å². The zero-order chi connectivity index (χ0) is 14.5. The summed E-state index contributed by atoms with van der Waals surface area (Å²) >= 11 is 0. The first kappa shape index (κ1) is 14.0. The molecule has 20 heavy (non-hydrogen) atoms. The Labute approximate surface area is 115 Å². The fourth-order valence-electron chi connectivity index (χ4n) is 1.71. The van der Waals surface area contributed by atoms with Crippen molar-refractivity contribution < 1.29 is 14.1 Å². The molecule has 0 aliphatic rings. The molecule has 0 aliphatic heterocycles. The van der Waals surface area contributed by atoms with Gasteiger partial charge in [0.05, 0.1) is 4.92 Å². The van der Waals surface area contributed by atoms with Crippen molar-refractivity contribution in [1.29, 1.82) is 0 Å². The highest BCUT2D eigenvalue weighted by atomic mass is 19.1. The predicted octanol–water partition coefficient (Wildman–Crippen LogP) is 3.25. The number of benzene rings is 2. The third kappa shape index (κ3) is 3.30. The van der Waals surface area contributed by atoms with E-state index in [1.54, 1.807) is 12.1 Å².